The fourth-order valence-corrected chi connectivity index (χ4v) is 2.67. The van der Waals surface area contributed by atoms with E-state index in [-0.39, 0.29) is 11.9 Å². The van der Waals surface area contributed by atoms with Gasteiger partial charge >= 0.3 is 0 Å². The van der Waals surface area contributed by atoms with E-state index in [0.29, 0.717) is 6.54 Å². The minimum absolute atomic E-state index is 0.00318. The number of nitrogens with zero attached hydrogens (tertiary/aromatic N) is 1. The van der Waals surface area contributed by atoms with Crippen molar-refractivity contribution in [3.63, 3.8) is 0 Å². The molecule has 0 aromatic heterocycles. The largest absolute Gasteiger partial charge is 0.496 e. The summed E-state index contributed by atoms with van der Waals surface area (Å²) in [4.78, 5) is 14.4. The SMILES string of the molecule is CCC(NC(=O)CN1CCNCC1)c1ccccc1OC. The number of hydrogen-bond acceptors (Lipinski definition) is 4. The van der Waals surface area contributed by atoms with E-state index in [1.807, 2.05) is 24.3 Å². The van der Waals surface area contributed by atoms with Gasteiger partial charge in [-0.1, -0.05) is 25.1 Å². The molecule has 21 heavy (non-hydrogen) atoms. The Kier molecular flexibility index (Phi) is 6.02. The summed E-state index contributed by atoms with van der Waals surface area (Å²) in [6.45, 7) is 6.31. The summed E-state index contributed by atoms with van der Waals surface area (Å²) in [6, 6.07) is 7.86. The van der Waals surface area contributed by atoms with Crippen LogP contribution in [0.3, 0.4) is 0 Å². The molecule has 1 unspecified atom stereocenters. The van der Waals surface area contributed by atoms with Crippen LogP contribution in [0.1, 0.15) is 24.9 Å². The van der Waals surface area contributed by atoms with Crippen molar-refractivity contribution in [2.75, 3.05) is 39.8 Å². The van der Waals surface area contributed by atoms with Gasteiger partial charge in [0.25, 0.3) is 0 Å². The molecular weight excluding hydrogens is 266 g/mol. The van der Waals surface area contributed by atoms with Gasteiger partial charge in [-0.15, -0.1) is 0 Å². The normalized spacial score (nSPS) is 17.2. The molecule has 0 saturated carbocycles. The van der Waals surface area contributed by atoms with Gasteiger partial charge < -0.3 is 15.4 Å². The van der Waals surface area contributed by atoms with E-state index in [4.69, 9.17) is 4.74 Å². The Labute approximate surface area is 126 Å². The molecule has 5 nitrogen and oxygen atoms in total. The Balaban J connectivity index is 1.96. The molecule has 1 aromatic rings. The second-order valence-corrected chi connectivity index (χ2v) is 5.30. The minimum Gasteiger partial charge on any atom is -0.496 e. The molecule has 0 radical (unpaired) electrons. The lowest BCUT2D eigenvalue weighted by molar-refractivity contribution is -0.123. The summed E-state index contributed by atoms with van der Waals surface area (Å²) in [6.07, 6.45) is 0.841. The van der Waals surface area contributed by atoms with Crippen LogP contribution in [0.5, 0.6) is 5.75 Å². The van der Waals surface area contributed by atoms with E-state index in [2.05, 4.69) is 22.5 Å². The first kappa shape index (κ1) is 15.8. The van der Waals surface area contributed by atoms with Crippen molar-refractivity contribution in [2.45, 2.75) is 19.4 Å². The number of carbonyl (C=O) groups is 1. The van der Waals surface area contributed by atoms with Crippen molar-refractivity contribution in [2.24, 2.45) is 0 Å². The average Bonchev–Trinajstić information content (AvgIpc) is 2.53. The van der Waals surface area contributed by atoms with Gasteiger partial charge in [-0.2, -0.15) is 0 Å². The number of methoxy groups -OCH3 is 1. The van der Waals surface area contributed by atoms with E-state index in [0.717, 1.165) is 43.9 Å². The van der Waals surface area contributed by atoms with Crippen LogP contribution < -0.4 is 15.4 Å². The quantitative estimate of drug-likeness (QED) is 0.826. The molecule has 1 saturated heterocycles. The third-order valence-corrected chi connectivity index (χ3v) is 3.83. The summed E-state index contributed by atoms with van der Waals surface area (Å²) in [7, 11) is 1.66. The van der Waals surface area contributed by atoms with E-state index in [9.17, 15) is 4.79 Å². The van der Waals surface area contributed by atoms with Crippen molar-refractivity contribution in [3.8, 4) is 5.75 Å². The van der Waals surface area contributed by atoms with Gasteiger partial charge in [0.2, 0.25) is 5.91 Å². The lowest BCUT2D eigenvalue weighted by Crippen LogP contribution is -2.47. The number of benzene rings is 1. The number of piperazine rings is 1. The molecule has 1 aliphatic rings. The smallest absolute Gasteiger partial charge is 0.234 e. The van der Waals surface area contributed by atoms with Crippen molar-refractivity contribution < 1.29 is 9.53 Å². The molecular formula is C16H25N3O2. The van der Waals surface area contributed by atoms with Crippen LogP contribution in [0.25, 0.3) is 0 Å². The molecule has 2 rings (SSSR count). The Morgan fingerprint density at radius 2 is 2.10 bits per heavy atom. The number of ether oxygens (including phenoxy) is 1. The van der Waals surface area contributed by atoms with E-state index < -0.39 is 0 Å². The van der Waals surface area contributed by atoms with Crippen LogP contribution in [-0.4, -0.2) is 50.6 Å². The molecule has 1 amide bonds. The fourth-order valence-electron chi connectivity index (χ4n) is 2.67. The summed E-state index contributed by atoms with van der Waals surface area (Å²) < 4.78 is 5.39. The topological polar surface area (TPSA) is 53.6 Å². The third kappa shape index (κ3) is 4.44. The van der Waals surface area contributed by atoms with Crippen LogP contribution in [0.15, 0.2) is 24.3 Å². The molecule has 1 aromatic carbocycles. The second kappa shape index (κ2) is 8.00. The number of rotatable bonds is 6. The zero-order chi connectivity index (χ0) is 15.1. The predicted octanol–water partition coefficient (Wildman–Crippen LogP) is 1.17. The maximum Gasteiger partial charge on any atom is 0.234 e. The molecule has 0 aliphatic carbocycles. The predicted molar refractivity (Wildman–Crippen MR) is 83.5 cm³/mol. The van der Waals surface area contributed by atoms with Crippen molar-refractivity contribution in [1.29, 1.82) is 0 Å². The van der Waals surface area contributed by atoms with Crippen molar-refractivity contribution >= 4 is 5.91 Å². The van der Waals surface area contributed by atoms with Gasteiger partial charge in [-0.25, -0.2) is 0 Å². The Morgan fingerprint density at radius 1 is 1.38 bits per heavy atom. The maximum absolute atomic E-state index is 12.2. The first-order chi connectivity index (χ1) is 10.2. The van der Waals surface area contributed by atoms with Crippen LogP contribution >= 0.6 is 0 Å². The zero-order valence-corrected chi connectivity index (χ0v) is 12.9. The summed E-state index contributed by atoms with van der Waals surface area (Å²) >= 11 is 0. The fraction of sp³-hybridized carbons (Fsp3) is 0.562. The highest BCUT2D eigenvalue weighted by Gasteiger charge is 2.19. The molecule has 1 atom stereocenters. The number of amides is 1. The Bertz CT molecular complexity index is 459. The van der Waals surface area contributed by atoms with Gasteiger partial charge in [0.1, 0.15) is 5.75 Å². The van der Waals surface area contributed by atoms with Gasteiger partial charge in [0.15, 0.2) is 0 Å². The van der Waals surface area contributed by atoms with E-state index in [1.54, 1.807) is 7.11 Å². The molecule has 1 heterocycles. The van der Waals surface area contributed by atoms with Gasteiger partial charge in [-0.3, -0.25) is 9.69 Å². The van der Waals surface area contributed by atoms with E-state index >= 15 is 0 Å². The Hall–Kier alpha value is -1.59. The van der Waals surface area contributed by atoms with Crippen LogP contribution in [0.4, 0.5) is 0 Å². The maximum atomic E-state index is 12.2. The summed E-state index contributed by atoms with van der Waals surface area (Å²) in [5, 5.41) is 6.41. The molecule has 2 N–H and O–H groups in total. The zero-order valence-electron chi connectivity index (χ0n) is 12.9. The summed E-state index contributed by atoms with van der Waals surface area (Å²) in [5.41, 5.74) is 1.04. The lowest BCUT2D eigenvalue weighted by Gasteiger charge is -2.27. The van der Waals surface area contributed by atoms with Gasteiger partial charge in [0, 0.05) is 31.7 Å². The van der Waals surface area contributed by atoms with E-state index in [1.165, 1.54) is 0 Å². The first-order valence-corrected chi connectivity index (χ1v) is 7.60. The molecule has 1 fully saturated rings. The van der Waals surface area contributed by atoms with Crippen molar-refractivity contribution in [1.82, 2.24) is 15.5 Å². The van der Waals surface area contributed by atoms with Crippen molar-refractivity contribution in [3.05, 3.63) is 29.8 Å². The minimum atomic E-state index is -0.00318. The second-order valence-electron chi connectivity index (χ2n) is 5.30. The van der Waals surface area contributed by atoms with Gasteiger partial charge in [-0.05, 0) is 12.5 Å². The third-order valence-electron chi connectivity index (χ3n) is 3.83. The lowest BCUT2D eigenvalue weighted by atomic mass is 10.0. The number of hydrogen-bond donors (Lipinski definition) is 2. The molecule has 5 heteroatoms. The summed E-state index contributed by atoms with van der Waals surface area (Å²) in [5.74, 6) is 0.904. The monoisotopic (exact) mass is 291 g/mol. The number of carbonyl (C=O) groups excluding carboxylic acids is 1. The van der Waals surface area contributed by atoms with Crippen LogP contribution in [-0.2, 0) is 4.79 Å². The molecule has 0 bridgehead atoms. The first-order valence-electron chi connectivity index (χ1n) is 7.60. The molecule has 116 valence electrons. The van der Waals surface area contributed by atoms with Crippen LogP contribution in [0.2, 0.25) is 0 Å². The Morgan fingerprint density at radius 3 is 2.76 bits per heavy atom. The van der Waals surface area contributed by atoms with Crippen LogP contribution in [0, 0.1) is 0 Å². The highest BCUT2D eigenvalue weighted by atomic mass is 16.5. The standard InChI is InChI=1S/C16H25N3O2/c1-3-14(13-6-4-5-7-15(13)21-2)18-16(20)12-19-10-8-17-9-11-19/h4-7,14,17H,3,8-12H2,1-2H3,(H,18,20). The highest BCUT2D eigenvalue weighted by Crippen LogP contribution is 2.26. The number of para-hydroxylation sites is 1. The van der Waals surface area contributed by atoms with Gasteiger partial charge in [0.05, 0.1) is 19.7 Å². The average molecular weight is 291 g/mol. The molecule has 1 aliphatic heterocycles. The highest BCUT2D eigenvalue weighted by molar-refractivity contribution is 5.78. The number of nitrogens with one attached hydrogen (secondary N) is 2. The molecule has 0 spiro atoms.